The molecule has 0 aromatic carbocycles. The molecule has 15 heavy (non-hydrogen) atoms. The van der Waals surface area contributed by atoms with Crippen LogP contribution in [0.25, 0.3) is 0 Å². The van der Waals surface area contributed by atoms with Gasteiger partial charge < -0.3 is 0 Å². The minimum atomic E-state index is -0.0964. The van der Waals surface area contributed by atoms with Crippen molar-refractivity contribution in [1.82, 2.24) is 4.90 Å². The lowest BCUT2D eigenvalue weighted by Crippen LogP contribution is -2.52. The average molecular weight is 209 g/mol. The third-order valence-electron chi connectivity index (χ3n) is 4.23. The second-order valence-electron chi connectivity index (χ2n) is 5.56. The summed E-state index contributed by atoms with van der Waals surface area (Å²) in [6.45, 7) is 0. The van der Waals surface area contributed by atoms with E-state index in [0.717, 1.165) is 25.2 Å². The summed E-state index contributed by atoms with van der Waals surface area (Å²) < 4.78 is 0. The SMILES string of the molecule is CN(C)C1(C(=O)CC2CC2)CCCCC1. The Morgan fingerprint density at radius 1 is 1.20 bits per heavy atom. The van der Waals surface area contributed by atoms with Gasteiger partial charge in [-0.15, -0.1) is 0 Å². The van der Waals surface area contributed by atoms with Gasteiger partial charge in [0.2, 0.25) is 0 Å². The lowest BCUT2D eigenvalue weighted by molar-refractivity contribution is -0.132. The normalized spacial score (nSPS) is 25.5. The van der Waals surface area contributed by atoms with Crippen molar-refractivity contribution < 1.29 is 4.79 Å². The third-order valence-corrected chi connectivity index (χ3v) is 4.23. The molecule has 2 rings (SSSR count). The summed E-state index contributed by atoms with van der Waals surface area (Å²) in [7, 11) is 4.16. The highest BCUT2D eigenvalue weighted by Crippen LogP contribution is 2.39. The van der Waals surface area contributed by atoms with Gasteiger partial charge in [0.05, 0.1) is 5.54 Å². The Morgan fingerprint density at radius 2 is 1.80 bits per heavy atom. The smallest absolute Gasteiger partial charge is 0.153 e. The zero-order chi connectivity index (χ0) is 10.9. The van der Waals surface area contributed by atoms with E-state index in [4.69, 9.17) is 0 Å². The van der Waals surface area contributed by atoms with Crippen LogP contribution in [-0.2, 0) is 4.79 Å². The first-order chi connectivity index (χ1) is 7.15. The minimum absolute atomic E-state index is 0.0964. The van der Waals surface area contributed by atoms with Crippen molar-refractivity contribution in [3.8, 4) is 0 Å². The molecule has 2 fully saturated rings. The number of rotatable bonds is 4. The molecule has 0 amide bonds. The molecule has 2 saturated carbocycles. The molecule has 0 aromatic heterocycles. The number of ketones is 1. The van der Waals surface area contributed by atoms with Gasteiger partial charge in [0.25, 0.3) is 0 Å². The molecule has 0 atom stereocenters. The van der Waals surface area contributed by atoms with E-state index >= 15 is 0 Å². The quantitative estimate of drug-likeness (QED) is 0.709. The highest BCUT2D eigenvalue weighted by Gasteiger charge is 2.42. The van der Waals surface area contributed by atoms with Gasteiger partial charge in [0.15, 0.2) is 5.78 Å². The zero-order valence-corrected chi connectivity index (χ0v) is 10.1. The first-order valence-corrected chi connectivity index (χ1v) is 6.36. The van der Waals surface area contributed by atoms with Gasteiger partial charge in [0.1, 0.15) is 0 Å². The maximum atomic E-state index is 12.4. The summed E-state index contributed by atoms with van der Waals surface area (Å²) in [6.07, 6.45) is 9.37. The summed E-state index contributed by atoms with van der Waals surface area (Å²) in [6, 6.07) is 0. The molecule has 0 bridgehead atoms. The maximum Gasteiger partial charge on any atom is 0.153 e. The fourth-order valence-corrected chi connectivity index (χ4v) is 2.89. The van der Waals surface area contributed by atoms with Crippen molar-refractivity contribution in [2.45, 2.75) is 56.9 Å². The molecule has 0 aliphatic heterocycles. The molecule has 0 aromatic rings. The molecule has 2 aliphatic carbocycles. The molecule has 0 saturated heterocycles. The third kappa shape index (κ3) is 2.25. The molecular formula is C13H23NO. The van der Waals surface area contributed by atoms with E-state index in [9.17, 15) is 4.79 Å². The number of likely N-dealkylation sites (N-methyl/N-ethyl adjacent to an activating group) is 1. The summed E-state index contributed by atoms with van der Waals surface area (Å²) in [5.74, 6) is 1.26. The monoisotopic (exact) mass is 209 g/mol. The molecule has 2 aliphatic rings. The molecular weight excluding hydrogens is 186 g/mol. The van der Waals surface area contributed by atoms with Crippen molar-refractivity contribution in [1.29, 1.82) is 0 Å². The van der Waals surface area contributed by atoms with E-state index in [1.54, 1.807) is 0 Å². The second-order valence-corrected chi connectivity index (χ2v) is 5.56. The fraction of sp³-hybridized carbons (Fsp3) is 0.923. The topological polar surface area (TPSA) is 20.3 Å². The molecule has 0 N–H and O–H groups in total. The van der Waals surface area contributed by atoms with E-state index in [1.165, 1.54) is 32.1 Å². The van der Waals surface area contributed by atoms with Crippen molar-refractivity contribution in [2.24, 2.45) is 5.92 Å². The number of carbonyl (C=O) groups is 1. The predicted octanol–water partition coefficient (Wildman–Crippen LogP) is 2.62. The van der Waals surface area contributed by atoms with E-state index in [-0.39, 0.29) is 5.54 Å². The van der Waals surface area contributed by atoms with Crippen molar-refractivity contribution >= 4 is 5.78 Å². The van der Waals surface area contributed by atoms with Crippen LogP contribution >= 0.6 is 0 Å². The van der Waals surface area contributed by atoms with Crippen molar-refractivity contribution in [3.05, 3.63) is 0 Å². The van der Waals surface area contributed by atoms with Gasteiger partial charge in [0, 0.05) is 6.42 Å². The Bertz CT molecular complexity index is 237. The highest BCUT2D eigenvalue weighted by atomic mass is 16.1. The Balaban J connectivity index is 2.05. The van der Waals surface area contributed by atoms with Crippen LogP contribution in [0.5, 0.6) is 0 Å². The lowest BCUT2D eigenvalue weighted by atomic mass is 9.76. The van der Waals surface area contributed by atoms with Gasteiger partial charge in [-0.3, -0.25) is 9.69 Å². The van der Waals surface area contributed by atoms with Gasteiger partial charge >= 0.3 is 0 Å². The summed E-state index contributed by atoms with van der Waals surface area (Å²) >= 11 is 0. The molecule has 0 spiro atoms. The van der Waals surface area contributed by atoms with Crippen LogP contribution < -0.4 is 0 Å². The first-order valence-electron chi connectivity index (χ1n) is 6.36. The Kier molecular flexibility index (Phi) is 3.15. The highest BCUT2D eigenvalue weighted by molar-refractivity contribution is 5.88. The summed E-state index contributed by atoms with van der Waals surface area (Å²) in [5.41, 5.74) is -0.0964. The Hall–Kier alpha value is -0.370. The zero-order valence-electron chi connectivity index (χ0n) is 10.1. The molecule has 2 nitrogen and oxygen atoms in total. The van der Waals surface area contributed by atoms with Crippen LogP contribution in [0.4, 0.5) is 0 Å². The van der Waals surface area contributed by atoms with Gasteiger partial charge in [-0.25, -0.2) is 0 Å². The maximum absolute atomic E-state index is 12.4. The number of hydrogen-bond donors (Lipinski definition) is 0. The number of Topliss-reactive ketones (excluding diaryl/α,β-unsaturated/α-hetero) is 1. The summed E-state index contributed by atoms with van der Waals surface area (Å²) in [5, 5.41) is 0. The number of nitrogens with zero attached hydrogens (tertiary/aromatic N) is 1. The minimum Gasteiger partial charge on any atom is -0.298 e. The van der Waals surface area contributed by atoms with E-state index in [2.05, 4.69) is 19.0 Å². The van der Waals surface area contributed by atoms with Crippen LogP contribution in [0, 0.1) is 5.92 Å². The summed E-state index contributed by atoms with van der Waals surface area (Å²) in [4.78, 5) is 14.6. The van der Waals surface area contributed by atoms with E-state index in [1.807, 2.05) is 0 Å². The molecule has 0 radical (unpaired) electrons. The van der Waals surface area contributed by atoms with Gasteiger partial charge in [-0.05, 0) is 45.7 Å². The second kappa shape index (κ2) is 4.25. The Labute approximate surface area is 93.0 Å². The fourth-order valence-electron chi connectivity index (χ4n) is 2.89. The van der Waals surface area contributed by atoms with Crippen LogP contribution in [-0.4, -0.2) is 30.3 Å². The Morgan fingerprint density at radius 3 is 2.27 bits per heavy atom. The van der Waals surface area contributed by atoms with Gasteiger partial charge in [-0.2, -0.15) is 0 Å². The number of hydrogen-bond acceptors (Lipinski definition) is 2. The molecule has 86 valence electrons. The van der Waals surface area contributed by atoms with E-state index < -0.39 is 0 Å². The van der Waals surface area contributed by atoms with Crippen LogP contribution in [0.15, 0.2) is 0 Å². The molecule has 2 heteroatoms. The number of carbonyl (C=O) groups excluding carboxylic acids is 1. The van der Waals surface area contributed by atoms with Crippen LogP contribution in [0.3, 0.4) is 0 Å². The predicted molar refractivity (Wildman–Crippen MR) is 61.9 cm³/mol. The van der Waals surface area contributed by atoms with Crippen LogP contribution in [0.2, 0.25) is 0 Å². The van der Waals surface area contributed by atoms with Gasteiger partial charge in [-0.1, -0.05) is 19.3 Å². The first kappa shape index (κ1) is 11.1. The average Bonchev–Trinajstić information content (AvgIpc) is 3.02. The van der Waals surface area contributed by atoms with Crippen molar-refractivity contribution in [3.63, 3.8) is 0 Å². The lowest BCUT2D eigenvalue weighted by Gasteiger charge is -2.41. The standard InChI is InChI=1S/C13H23NO/c1-14(2)13(8-4-3-5-9-13)12(15)10-11-6-7-11/h11H,3-10H2,1-2H3. The van der Waals surface area contributed by atoms with Crippen LogP contribution in [0.1, 0.15) is 51.4 Å². The molecule has 0 heterocycles. The van der Waals surface area contributed by atoms with Crippen molar-refractivity contribution in [2.75, 3.05) is 14.1 Å². The largest absolute Gasteiger partial charge is 0.298 e. The molecule has 0 unspecified atom stereocenters. The van der Waals surface area contributed by atoms with E-state index in [0.29, 0.717) is 5.78 Å².